The Bertz CT molecular complexity index is 599. The van der Waals surface area contributed by atoms with Gasteiger partial charge in [-0.2, -0.15) is 0 Å². The van der Waals surface area contributed by atoms with Crippen LogP contribution in [0.25, 0.3) is 10.1 Å². The third-order valence-electron chi connectivity index (χ3n) is 2.69. The van der Waals surface area contributed by atoms with Gasteiger partial charge in [0.15, 0.2) is 0 Å². The molecule has 1 N–H and O–H groups in total. The molecular weight excluding hydrogens is 238 g/mol. The quantitative estimate of drug-likeness (QED) is 0.908. The lowest BCUT2D eigenvalue weighted by Crippen LogP contribution is -2.17. The van der Waals surface area contributed by atoms with Crippen LogP contribution in [-0.2, 0) is 4.79 Å². The van der Waals surface area contributed by atoms with E-state index in [1.165, 1.54) is 11.5 Å². The highest BCUT2D eigenvalue weighted by Crippen LogP contribution is 2.21. The first-order valence-corrected chi connectivity index (χ1v) is 6.19. The molecule has 4 nitrogen and oxygen atoms in total. The van der Waals surface area contributed by atoms with Crippen LogP contribution in [0.5, 0.6) is 0 Å². The summed E-state index contributed by atoms with van der Waals surface area (Å²) in [5.74, 6) is -0.828. The van der Waals surface area contributed by atoms with Gasteiger partial charge in [0.1, 0.15) is 0 Å². The van der Waals surface area contributed by atoms with Gasteiger partial charge < -0.3 is 5.11 Å². The van der Waals surface area contributed by atoms with Gasteiger partial charge in [-0.05, 0) is 25.5 Å². The molecule has 0 spiro atoms. The topological polar surface area (TPSA) is 59.3 Å². The Labute approximate surface area is 102 Å². The average Bonchev–Trinajstić information content (AvgIpc) is 2.64. The Kier molecular flexibility index (Phi) is 3.28. The van der Waals surface area contributed by atoms with Crippen LogP contribution in [0.1, 0.15) is 25.8 Å². The van der Waals surface area contributed by atoms with E-state index in [4.69, 9.17) is 5.11 Å². The highest BCUT2D eigenvalue weighted by atomic mass is 32.1. The summed E-state index contributed by atoms with van der Waals surface area (Å²) in [6, 6.07) is 7.36. The zero-order valence-corrected chi connectivity index (χ0v) is 10.2. The summed E-state index contributed by atoms with van der Waals surface area (Å²) < 4.78 is 2.60. The summed E-state index contributed by atoms with van der Waals surface area (Å²) in [5.41, 5.74) is -0.0245. The van der Waals surface area contributed by atoms with Crippen LogP contribution in [0.3, 0.4) is 0 Å². The van der Waals surface area contributed by atoms with E-state index in [1.807, 2.05) is 25.1 Å². The molecule has 2 aromatic rings. The number of fused-ring (bicyclic) bond motifs is 1. The normalized spacial score (nSPS) is 12.8. The van der Waals surface area contributed by atoms with E-state index in [0.29, 0.717) is 11.8 Å². The molecule has 0 radical (unpaired) electrons. The first kappa shape index (κ1) is 11.9. The minimum Gasteiger partial charge on any atom is -0.481 e. The smallest absolute Gasteiger partial charge is 0.303 e. The predicted octanol–water partition coefficient (Wildman–Crippen LogP) is 2.49. The number of hydrogen-bond acceptors (Lipinski definition) is 3. The summed E-state index contributed by atoms with van der Waals surface area (Å²) in [4.78, 5) is 22.5. The van der Waals surface area contributed by atoms with E-state index in [-0.39, 0.29) is 18.0 Å². The van der Waals surface area contributed by atoms with Gasteiger partial charge in [0.25, 0.3) is 5.56 Å². The number of nitrogens with zero attached hydrogens (tertiary/aromatic N) is 1. The van der Waals surface area contributed by atoms with Gasteiger partial charge in [-0.15, -0.1) is 0 Å². The lowest BCUT2D eigenvalue weighted by molar-refractivity contribution is -0.137. The molecule has 0 aliphatic heterocycles. The number of rotatable bonds is 4. The van der Waals surface area contributed by atoms with Crippen molar-refractivity contribution in [3.63, 3.8) is 0 Å². The fraction of sp³-hybridized carbons (Fsp3) is 0.333. The van der Waals surface area contributed by atoms with Crippen LogP contribution in [0.2, 0.25) is 0 Å². The number of carboxylic acids is 1. The summed E-state index contributed by atoms with van der Waals surface area (Å²) in [7, 11) is 0. The van der Waals surface area contributed by atoms with Crippen molar-refractivity contribution in [3.8, 4) is 0 Å². The van der Waals surface area contributed by atoms with Crippen molar-refractivity contribution >= 4 is 27.6 Å². The van der Waals surface area contributed by atoms with Crippen molar-refractivity contribution in [2.45, 2.75) is 25.8 Å². The fourth-order valence-corrected chi connectivity index (χ4v) is 2.80. The second-order valence-electron chi connectivity index (χ2n) is 4.00. The van der Waals surface area contributed by atoms with Crippen LogP contribution >= 0.6 is 11.5 Å². The lowest BCUT2D eigenvalue weighted by atomic mass is 10.2. The maximum Gasteiger partial charge on any atom is 0.303 e. The third-order valence-corrected chi connectivity index (χ3v) is 3.97. The fourth-order valence-electron chi connectivity index (χ4n) is 1.73. The number of carbonyl (C=O) groups is 1. The third kappa shape index (κ3) is 2.39. The van der Waals surface area contributed by atoms with Crippen molar-refractivity contribution in [1.29, 1.82) is 0 Å². The van der Waals surface area contributed by atoms with Gasteiger partial charge in [0.05, 0.1) is 10.1 Å². The molecule has 1 aromatic carbocycles. The summed E-state index contributed by atoms with van der Waals surface area (Å²) in [6.07, 6.45) is 0.559. The van der Waals surface area contributed by atoms with Gasteiger partial charge >= 0.3 is 5.97 Å². The molecular formula is C12H13NO3S. The number of aliphatic carboxylic acids is 1. The van der Waals surface area contributed by atoms with Gasteiger partial charge in [0.2, 0.25) is 0 Å². The van der Waals surface area contributed by atoms with E-state index in [1.54, 1.807) is 10.0 Å². The van der Waals surface area contributed by atoms with Crippen molar-refractivity contribution in [2.75, 3.05) is 0 Å². The summed E-state index contributed by atoms with van der Waals surface area (Å²) in [6.45, 7) is 1.87. The Balaban J connectivity index is 2.32. The second-order valence-corrected chi connectivity index (χ2v) is 5.02. The van der Waals surface area contributed by atoms with E-state index in [2.05, 4.69) is 0 Å². The molecule has 1 atom stereocenters. The van der Waals surface area contributed by atoms with Crippen LogP contribution in [0, 0.1) is 0 Å². The van der Waals surface area contributed by atoms with Crippen LogP contribution in [-0.4, -0.2) is 15.0 Å². The van der Waals surface area contributed by atoms with Gasteiger partial charge in [-0.25, -0.2) is 0 Å². The Morgan fingerprint density at radius 1 is 1.47 bits per heavy atom. The zero-order chi connectivity index (χ0) is 12.4. The Morgan fingerprint density at radius 2 is 2.18 bits per heavy atom. The number of aromatic nitrogens is 1. The van der Waals surface area contributed by atoms with Crippen molar-refractivity contribution in [2.24, 2.45) is 0 Å². The van der Waals surface area contributed by atoms with Gasteiger partial charge in [0, 0.05) is 12.5 Å². The summed E-state index contributed by atoms with van der Waals surface area (Å²) >= 11 is 1.39. The summed E-state index contributed by atoms with van der Waals surface area (Å²) in [5, 5.41) is 9.34. The van der Waals surface area contributed by atoms with Crippen LogP contribution in [0.15, 0.2) is 29.1 Å². The highest BCUT2D eigenvalue weighted by molar-refractivity contribution is 7.13. The predicted molar refractivity (Wildman–Crippen MR) is 67.7 cm³/mol. The minimum atomic E-state index is -0.828. The molecule has 0 saturated carbocycles. The molecule has 0 bridgehead atoms. The molecule has 1 heterocycles. The monoisotopic (exact) mass is 251 g/mol. The Hall–Kier alpha value is -1.62. The molecule has 17 heavy (non-hydrogen) atoms. The van der Waals surface area contributed by atoms with Gasteiger partial charge in [-0.3, -0.25) is 13.5 Å². The molecule has 1 unspecified atom stereocenters. The van der Waals surface area contributed by atoms with E-state index < -0.39 is 5.97 Å². The van der Waals surface area contributed by atoms with E-state index >= 15 is 0 Å². The van der Waals surface area contributed by atoms with E-state index in [9.17, 15) is 9.59 Å². The molecule has 90 valence electrons. The molecule has 0 aliphatic rings. The molecule has 5 heteroatoms. The van der Waals surface area contributed by atoms with Crippen LogP contribution in [0.4, 0.5) is 0 Å². The molecule has 2 rings (SSSR count). The standard InChI is InChI=1S/C12H13NO3S/c1-8(6-7-11(14)15)13-12(16)9-4-2-3-5-10(9)17-13/h2-5,8H,6-7H2,1H3,(H,14,15). The second kappa shape index (κ2) is 4.71. The molecule has 0 saturated heterocycles. The van der Waals surface area contributed by atoms with Crippen molar-refractivity contribution < 1.29 is 9.90 Å². The highest BCUT2D eigenvalue weighted by Gasteiger charge is 2.13. The average molecular weight is 251 g/mol. The number of hydrogen-bond donors (Lipinski definition) is 1. The zero-order valence-electron chi connectivity index (χ0n) is 9.42. The maximum absolute atomic E-state index is 12.0. The number of benzene rings is 1. The number of carboxylic acid groups (broad SMARTS) is 1. The van der Waals surface area contributed by atoms with Crippen LogP contribution < -0.4 is 5.56 Å². The SMILES string of the molecule is CC(CCC(=O)O)n1sc2ccccc2c1=O. The molecule has 0 aliphatic carbocycles. The first-order chi connectivity index (χ1) is 8.09. The molecule has 0 fully saturated rings. The maximum atomic E-state index is 12.0. The van der Waals surface area contributed by atoms with Crippen molar-refractivity contribution in [1.82, 2.24) is 3.96 Å². The van der Waals surface area contributed by atoms with E-state index in [0.717, 1.165) is 4.70 Å². The molecule has 1 aromatic heterocycles. The Morgan fingerprint density at radius 3 is 2.82 bits per heavy atom. The largest absolute Gasteiger partial charge is 0.481 e. The minimum absolute atomic E-state index is 0.0245. The lowest BCUT2D eigenvalue weighted by Gasteiger charge is -2.09. The van der Waals surface area contributed by atoms with Gasteiger partial charge in [-0.1, -0.05) is 23.7 Å². The first-order valence-electron chi connectivity index (χ1n) is 5.42. The van der Waals surface area contributed by atoms with Crippen molar-refractivity contribution in [3.05, 3.63) is 34.6 Å². The molecule has 0 amide bonds.